The molecule has 0 radical (unpaired) electrons. The van der Waals surface area contributed by atoms with Gasteiger partial charge in [-0.3, -0.25) is 0 Å². The molecule has 2 aromatic rings. The van der Waals surface area contributed by atoms with Gasteiger partial charge in [0.1, 0.15) is 5.82 Å². The van der Waals surface area contributed by atoms with Gasteiger partial charge in [-0.1, -0.05) is 19.3 Å². The van der Waals surface area contributed by atoms with Crippen LogP contribution in [0.5, 0.6) is 0 Å². The zero-order valence-electron chi connectivity index (χ0n) is 10.3. The molecule has 0 amide bonds. The molecule has 1 aliphatic rings. The van der Waals surface area contributed by atoms with E-state index in [4.69, 9.17) is 11.6 Å². The summed E-state index contributed by atoms with van der Waals surface area (Å²) in [4.78, 5) is 4.55. The van der Waals surface area contributed by atoms with E-state index in [0.717, 1.165) is 24.3 Å². The van der Waals surface area contributed by atoms with E-state index in [9.17, 15) is 0 Å². The largest absolute Gasteiger partial charge is 0.363 e. The summed E-state index contributed by atoms with van der Waals surface area (Å²) < 4.78 is 1.76. The lowest BCUT2D eigenvalue weighted by Gasteiger charge is -2.36. The maximum absolute atomic E-state index is 6.18. The van der Waals surface area contributed by atoms with Crippen molar-refractivity contribution in [2.45, 2.75) is 37.6 Å². The van der Waals surface area contributed by atoms with E-state index in [1.54, 1.807) is 10.7 Å². The number of halogens is 1. The third kappa shape index (κ3) is 2.17. The summed E-state index contributed by atoms with van der Waals surface area (Å²) in [6.07, 6.45) is 9.74. The lowest BCUT2D eigenvalue weighted by Crippen LogP contribution is -2.42. The van der Waals surface area contributed by atoms with E-state index in [-0.39, 0.29) is 5.54 Å². The van der Waals surface area contributed by atoms with E-state index in [2.05, 4.69) is 15.4 Å². The van der Waals surface area contributed by atoms with Crippen molar-refractivity contribution in [3.8, 4) is 0 Å². The molecule has 4 nitrogen and oxygen atoms in total. The third-order valence-electron chi connectivity index (χ3n) is 3.72. The van der Waals surface area contributed by atoms with Crippen molar-refractivity contribution in [3.63, 3.8) is 0 Å². The van der Waals surface area contributed by atoms with Gasteiger partial charge in [-0.2, -0.15) is 5.10 Å². The van der Waals surface area contributed by atoms with Gasteiger partial charge in [-0.25, -0.2) is 9.50 Å². The second kappa shape index (κ2) is 4.76. The molecule has 0 aromatic carbocycles. The number of anilines is 1. The number of fused-ring (bicyclic) bond motifs is 1. The molecule has 0 spiro atoms. The Morgan fingerprint density at radius 3 is 2.89 bits per heavy atom. The topological polar surface area (TPSA) is 42.2 Å². The van der Waals surface area contributed by atoms with Gasteiger partial charge in [-0.05, 0) is 18.9 Å². The van der Waals surface area contributed by atoms with Crippen LogP contribution in [0.3, 0.4) is 0 Å². The number of nitrogens with zero attached hydrogens (tertiary/aromatic N) is 3. The first kappa shape index (κ1) is 11.8. The Hall–Kier alpha value is -1.29. The summed E-state index contributed by atoms with van der Waals surface area (Å²) >= 11 is 6.18. The van der Waals surface area contributed by atoms with Crippen LogP contribution in [0.4, 0.5) is 5.82 Å². The fourth-order valence-electron chi connectivity index (χ4n) is 2.67. The number of nitrogens with one attached hydrogen (secondary N) is 1. The van der Waals surface area contributed by atoms with Crippen molar-refractivity contribution >= 4 is 23.1 Å². The second-order valence-electron chi connectivity index (χ2n) is 5.05. The average Bonchev–Trinajstić information content (AvgIpc) is 2.87. The summed E-state index contributed by atoms with van der Waals surface area (Å²) in [5.41, 5.74) is 0.881. The molecule has 3 rings (SSSR count). The molecular weight excluding hydrogens is 248 g/mol. The van der Waals surface area contributed by atoms with E-state index in [0.29, 0.717) is 5.88 Å². The van der Waals surface area contributed by atoms with Crippen LogP contribution in [0, 0.1) is 0 Å². The highest BCUT2D eigenvalue weighted by Crippen LogP contribution is 2.32. The van der Waals surface area contributed by atoms with E-state index in [1.165, 1.54) is 19.3 Å². The lowest BCUT2D eigenvalue weighted by molar-refractivity contribution is 0.352. The predicted octanol–water partition coefficient (Wildman–Crippen LogP) is 3.08. The third-order valence-corrected chi connectivity index (χ3v) is 4.23. The summed E-state index contributed by atoms with van der Waals surface area (Å²) in [6.45, 7) is 0. The Bertz CT molecular complexity index is 531. The molecule has 0 bridgehead atoms. The normalized spacial score (nSPS) is 18.9. The Labute approximate surface area is 111 Å². The summed E-state index contributed by atoms with van der Waals surface area (Å²) in [5, 5.41) is 7.69. The van der Waals surface area contributed by atoms with E-state index in [1.807, 2.05) is 18.3 Å². The molecule has 96 valence electrons. The molecule has 5 heteroatoms. The smallest absolute Gasteiger partial charge is 0.157 e. The number of rotatable bonds is 3. The van der Waals surface area contributed by atoms with Crippen molar-refractivity contribution < 1.29 is 0 Å². The zero-order chi connectivity index (χ0) is 12.4. The standard InChI is InChI=1S/C13H17ClN4/c14-10-13(6-2-1-3-7-13)17-11-5-9-18-12(16-11)4-8-15-18/h4-5,8-9H,1-3,6-7,10H2,(H,16,17). The van der Waals surface area contributed by atoms with Crippen molar-refractivity contribution in [3.05, 3.63) is 24.5 Å². The number of alkyl halides is 1. The maximum atomic E-state index is 6.18. The fraction of sp³-hybridized carbons (Fsp3) is 0.538. The quantitative estimate of drug-likeness (QED) is 0.867. The molecule has 0 atom stereocenters. The monoisotopic (exact) mass is 264 g/mol. The highest BCUT2D eigenvalue weighted by Gasteiger charge is 2.31. The van der Waals surface area contributed by atoms with Crippen LogP contribution in [0.1, 0.15) is 32.1 Å². The van der Waals surface area contributed by atoms with Gasteiger partial charge in [-0.15, -0.1) is 11.6 Å². The highest BCUT2D eigenvalue weighted by atomic mass is 35.5. The minimum Gasteiger partial charge on any atom is -0.363 e. The molecular formula is C13H17ClN4. The van der Waals surface area contributed by atoms with Gasteiger partial charge in [0.2, 0.25) is 0 Å². The molecule has 1 saturated carbocycles. The second-order valence-corrected chi connectivity index (χ2v) is 5.31. The number of aromatic nitrogens is 3. The molecule has 1 N–H and O–H groups in total. The first-order valence-electron chi connectivity index (χ1n) is 6.46. The Balaban J connectivity index is 1.85. The molecule has 2 aromatic heterocycles. The first-order valence-corrected chi connectivity index (χ1v) is 6.99. The van der Waals surface area contributed by atoms with E-state index < -0.39 is 0 Å². The zero-order valence-corrected chi connectivity index (χ0v) is 11.0. The van der Waals surface area contributed by atoms with Crippen molar-refractivity contribution in [1.82, 2.24) is 14.6 Å². The van der Waals surface area contributed by atoms with Gasteiger partial charge in [0, 0.05) is 18.1 Å². The fourth-order valence-corrected chi connectivity index (χ4v) is 3.01. The van der Waals surface area contributed by atoms with Crippen molar-refractivity contribution in [1.29, 1.82) is 0 Å². The van der Waals surface area contributed by atoms with Gasteiger partial charge in [0.25, 0.3) is 0 Å². The van der Waals surface area contributed by atoms with Crippen LogP contribution in [-0.4, -0.2) is 26.0 Å². The van der Waals surface area contributed by atoms with Gasteiger partial charge < -0.3 is 5.32 Å². The van der Waals surface area contributed by atoms with Crippen LogP contribution >= 0.6 is 11.6 Å². The molecule has 0 aliphatic heterocycles. The first-order chi connectivity index (χ1) is 8.81. The SMILES string of the molecule is ClCC1(Nc2ccn3nccc3n2)CCCCC1. The van der Waals surface area contributed by atoms with E-state index >= 15 is 0 Å². The van der Waals surface area contributed by atoms with Gasteiger partial charge in [0.05, 0.1) is 11.7 Å². The van der Waals surface area contributed by atoms with Crippen LogP contribution in [0.25, 0.3) is 5.65 Å². The summed E-state index contributed by atoms with van der Waals surface area (Å²) in [7, 11) is 0. The number of hydrogen-bond acceptors (Lipinski definition) is 3. The summed E-state index contributed by atoms with van der Waals surface area (Å²) in [5.74, 6) is 1.53. The van der Waals surface area contributed by atoms with Crippen LogP contribution < -0.4 is 5.32 Å². The van der Waals surface area contributed by atoms with Crippen LogP contribution in [0.15, 0.2) is 24.5 Å². The molecule has 1 aliphatic carbocycles. The Kier molecular flexibility index (Phi) is 3.12. The van der Waals surface area contributed by atoms with Crippen molar-refractivity contribution in [2.75, 3.05) is 11.2 Å². The van der Waals surface area contributed by atoms with Gasteiger partial charge >= 0.3 is 0 Å². The van der Waals surface area contributed by atoms with Crippen LogP contribution in [0.2, 0.25) is 0 Å². The molecule has 1 fully saturated rings. The number of hydrogen-bond donors (Lipinski definition) is 1. The molecule has 0 unspecified atom stereocenters. The van der Waals surface area contributed by atoms with Crippen molar-refractivity contribution in [2.24, 2.45) is 0 Å². The lowest BCUT2D eigenvalue weighted by atomic mass is 9.83. The van der Waals surface area contributed by atoms with Gasteiger partial charge in [0.15, 0.2) is 5.65 Å². The minimum atomic E-state index is 0.0190. The average molecular weight is 265 g/mol. The highest BCUT2D eigenvalue weighted by molar-refractivity contribution is 6.18. The Morgan fingerprint density at radius 2 is 2.11 bits per heavy atom. The predicted molar refractivity (Wildman–Crippen MR) is 73.1 cm³/mol. The Morgan fingerprint density at radius 1 is 1.28 bits per heavy atom. The molecule has 18 heavy (non-hydrogen) atoms. The maximum Gasteiger partial charge on any atom is 0.157 e. The molecule has 2 heterocycles. The minimum absolute atomic E-state index is 0.0190. The summed E-state index contributed by atoms with van der Waals surface area (Å²) in [6, 6.07) is 3.86. The molecule has 0 saturated heterocycles. The van der Waals surface area contributed by atoms with Crippen LogP contribution in [-0.2, 0) is 0 Å².